The molecule has 1 fully saturated rings. The van der Waals surface area contributed by atoms with Crippen LogP contribution in [0.25, 0.3) is 11.3 Å². The summed E-state index contributed by atoms with van der Waals surface area (Å²) in [5, 5.41) is 0. The van der Waals surface area contributed by atoms with E-state index in [1.807, 2.05) is 28.8 Å². The Labute approximate surface area is 173 Å². The maximum absolute atomic E-state index is 12.8. The number of aromatic nitrogens is 2. The molecular formula is C23H23N3O4. The number of esters is 1. The third-order valence-corrected chi connectivity index (χ3v) is 6.02. The molecule has 5 rings (SSSR count). The second-order valence-electron chi connectivity index (χ2n) is 8.08. The average molecular weight is 405 g/mol. The molecule has 30 heavy (non-hydrogen) atoms. The summed E-state index contributed by atoms with van der Waals surface area (Å²) in [7, 11) is 1.34. The number of fused-ring (bicyclic) bond motifs is 4. The van der Waals surface area contributed by atoms with Crippen LogP contribution in [-0.2, 0) is 17.8 Å². The highest BCUT2D eigenvalue weighted by molar-refractivity contribution is 5.86. The second kappa shape index (κ2) is 7.57. The molecule has 2 atom stereocenters. The van der Waals surface area contributed by atoms with E-state index in [1.54, 1.807) is 18.3 Å². The fourth-order valence-corrected chi connectivity index (χ4v) is 4.76. The maximum Gasteiger partial charge on any atom is 0.373 e. The molecule has 5 heterocycles. The van der Waals surface area contributed by atoms with Gasteiger partial charge in [0.25, 0.3) is 5.56 Å². The average Bonchev–Trinajstić information content (AvgIpc) is 3.23. The largest absolute Gasteiger partial charge is 0.463 e. The van der Waals surface area contributed by atoms with Crippen LogP contribution in [0, 0.1) is 5.92 Å². The second-order valence-corrected chi connectivity index (χ2v) is 8.08. The summed E-state index contributed by atoms with van der Waals surface area (Å²) in [4.78, 5) is 31.2. The summed E-state index contributed by atoms with van der Waals surface area (Å²) in [5.74, 6) is 1.21. The third-order valence-electron chi connectivity index (χ3n) is 6.02. The molecule has 2 bridgehead atoms. The molecule has 7 nitrogen and oxygen atoms in total. The van der Waals surface area contributed by atoms with Crippen molar-refractivity contribution < 1.29 is 13.9 Å². The van der Waals surface area contributed by atoms with Crippen molar-refractivity contribution in [2.75, 3.05) is 20.2 Å². The van der Waals surface area contributed by atoms with E-state index in [0.29, 0.717) is 12.5 Å². The highest BCUT2D eigenvalue weighted by Crippen LogP contribution is 2.37. The Balaban J connectivity index is 1.40. The van der Waals surface area contributed by atoms with Gasteiger partial charge in [0, 0.05) is 49.1 Å². The van der Waals surface area contributed by atoms with Gasteiger partial charge in [0.1, 0.15) is 5.76 Å². The maximum atomic E-state index is 12.8. The van der Waals surface area contributed by atoms with Crippen molar-refractivity contribution >= 4 is 5.97 Å². The van der Waals surface area contributed by atoms with Crippen LogP contribution >= 0.6 is 0 Å². The predicted molar refractivity (Wildman–Crippen MR) is 110 cm³/mol. The van der Waals surface area contributed by atoms with Gasteiger partial charge in [-0.1, -0.05) is 6.07 Å². The molecule has 0 unspecified atom stereocenters. The smallest absolute Gasteiger partial charge is 0.373 e. The summed E-state index contributed by atoms with van der Waals surface area (Å²) < 4.78 is 12.3. The number of hydrogen-bond donors (Lipinski definition) is 0. The number of ether oxygens (including phenoxy) is 1. The summed E-state index contributed by atoms with van der Waals surface area (Å²) in [6.07, 6.45) is 2.82. The Morgan fingerprint density at radius 2 is 2.10 bits per heavy atom. The minimum absolute atomic E-state index is 0.0463. The van der Waals surface area contributed by atoms with Crippen LogP contribution < -0.4 is 5.56 Å². The van der Waals surface area contributed by atoms with Crippen molar-refractivity contribution in [3.05, 3.63) is 76.2 Å². The van der Waals surface area contributed by atoms with Crippen LogP contribution in [0.5, 0.6) is 0 Å². The molecular weight excluding hydrogens is 382 g/mol. The molecule has 0 aromatic carbocycles. The molecule has 2 aliphatic rings. The first kappa shape index (κ1) is 18.8. The van der Waals surface area contributed by atoms with E-state index in [2.05, 4.69) is 16.0 Å². The van der Waals surface area contributed by atoms with Crippen LogP contribution in [-0.4, -0.2) is 40.6 Å². The molecule has 154 valence electrons. The number of likely N-dealkylation sites (tertiary alicyclic amines) is 1. The van der Waals surface area contributed by atoms with Gasteiger partial charge in [0.15, 0.2) is 0 Å². The highest BCUT2D eigenvalue weighted by Gasteiger charge is 2.35. The summed E-state index contributed by atoms with van der Waals surface area (Å²) in [6, 6.07) is 13.0. The number of pyridine rings is 2. The van der Waals surface area contributed by atoms with Gasteiger partial charge in [0.05, 0.1) is 19.3 Å². The van der Waals surface area contributed by atoms with Gasteiger partial charge in [-0.3, -0.25) is 14.7 Å². The van der Waals surface area contributed by atoms with Crippen LogP contribution in [0.4, 0.5) is 0 Å². The number of piperidine rings is 1. The Bertz CT molecular complexity index is 1130. The lowest BCUT2D eigenvalue weighted by molar-refractivity contribution is 0.0557. The lowest BCUT2D eigenvalue weighted by Gasteiger charge is -2.42. The van der Waals surface area contributed by atoms with E-state index in [4.69, 9.17) is 9.15 Å². The summed E-state index contributed by atoms with van der Waals surface area (Å²) in [5.41, 5.74) is 2.82. The molecule has 0 N–H and O–H groups in total. The van der Waals surface area contributed by atoms with Crippen molar-refractivity contribution in [3.8, 4) is 11.3 Å². The Kier molecular flexibility index (Phi) is 4.75. The van der Waals surface area contributed by atoms with Gasteiger partial charge < -0.3 is 13.7 Å². The molecule has 3 aromatic rings. The molecule has 3 aromatic heterocycles. The van der Waals surface area contributed by atoms with Crippen LogP contribution in [0.15, 0.2) is 57.9 Å². The molecule has 7 heteroatoms. The first-order chi connectivity index (χ1) is 14.6. The number of furan rings is 1. The zero-order valence-electron chi connectivity index (χ0n) is 16.8. The first-order valence-electron chi connectivity index (χ1n) is 10.2. The van der Waals surface area contributed by atoms with Crippen molar-refractivity contribution in [3.63, 3.8) is 0 Å². The van der Waals surface area contributed by atoms with Gasteiger partial charge in [0.2, 0.25) is 5.76 Å². The van der Waals surface area contributed by atoms with Crippen LogP contribution in [0.1, 0.15) is 34.3 Å². The first-order valence-corrected chi connectivity index (χ1v) is 10.2. The highest BCUT2D eigenvalue weighted by atomic mass is 16.5. The van der Waals surface area contributed by atoms with Gasteiger partial charge >= 0.3 is 5.97 Å². The van der Waals surface area contributed by atoms with Crippen LogP contribution in [0.3, 0.4) is 0 Å². The van der Waals surface area contributed by atoms with Crippen molar-refractivity contribution in [1.29, 1.82) is 0 Å². The van der Waals surface area contributed by atoms with E-state index in [9.17, 15) is 9.59 Å². The predicted octanol–water partition coefficient (Wildman–Crippen LogP) is 2.91. The van der Waals surface area contributed by atoms with Crippen molar-refractivity contribution in [2.45, 2.75) is 25.4 Å². The summed E-state index contributed by atoms with van der Waals surface area (Å²) >= 11 is 0. The molecule has 0 aliphatic carbocycles. The number of nitrogens with zero attached hydrogens (tertiary/aromatic N) is 3. The minimum Gasteiger partial charge on any atom is -0.463 e. The monoisotopic (exact) mass is 405 g/mol. The normalized spacial score (nSPS) is 20.6. The molecule has 1 saturated heterocycles. The van der Waals surface area contributed by atoms with Crippen LogP contribution in [0.2, 0.25) is 0 Å². The third kappa shape index (κ3) is 3.45. The van der Waals surface area contributed by atoms with Gasteiger partial charge in [-0.2, -0.15) is 0 Å². The Morgan fingerprint density at radius 1 is 1.20 bits per heavy atom. The number of carbonyl (C=O) groups is 1. The zero-order chi connectivity index (χ0) is 20.7. The molecule has 0 spiro atoms. The minimum atomic E-state index is -0.466. The van der Waals surface area contributed by atoms with Crippen molar-refractivity contribution in [2.24, 2.45) is 5.92 Å². The van der Waals surface area contributed by atoms with Crippen molar-refractivity contribution in [1.82, 2.24) is 14.5 Å². The molecule has 0 radical (unpaired) electrons. The Hall–Kier alpha value is -3.19. The summed E-state index contributed by atoms with van der Waals surface area (Å²) in [6.45, 7) is 3.11. The fraction of sp³-hybridized carbons (Fsp3) is 0.348. The standard InChI is InChI=1S/C23H23N3O4/c1-29-23(28)21-6-5-18(30-21)14-25-11-15-8-17(13-25)20-9-16(10-22(27)26(20)12-15)19-4-2-3-7-24-19/h2-7,9-10,15,17H,8,11-14H2,1H3/t15-,17+/m0/s1. The van der Waals surface area contributed by atoms with E-state index in [0.717, 1.165) is 48.8 Å². The number of carbonyl (C=O) groups excluding carboxylic acids is 1. The lowest BCUT2D eigenvalue weighted by atomic mass is 9.82. The van der Waals surface area contributed by atoms with E-state index in [-0.39, 0.29) is 17.2 Å². The molecule has 0 amide bonds. The molecule has 2 aliphatic heterocycles. The number of hydrogen-bond acceptors (Lipinski definition) is 6. The van der Waals surface area contributed by atoms with Gasteiger partial charge in [-0.15, -0.1) is 0 Å². The fourth-order valence-electron chi connectivity index (χ4n) is 4.76. The Morgan fingerprint density at radius 3 is 2.90 bits per heavy atom. The SMILES string of the molecule is COC(=O)c1ccc(CN2C[C@@H]3C[C@H](C2)c2cc(-c4ccccn4)cc(=O)n2C3)o1. The molecule has 0 saturated carbocycles. The van der Waals surface area contributed by atoms with E-state index < -0.39 is 5.97 Å². The topological polar surface area (TPSA) is 77.6 Å². The van der Waals surface area contributed by atoms with Gasteiger partial charge in [-0.25, -0.2) is 4.79 Å². The van der Waals surface area contributed by atoms with Gasteiger partial charge in [-0.05, 0) is 42.7 Å². The zero-order valence-corrected chi connectivity index (χ0v) is 16.8. The van der Waals surface area contributed by atoms with E-state index >= 15 is 0 Å². The number of rotatable bonds is 4. The quantitative estimate of drug-likeness (QED) is 0.621. The number of methoxy groups -OCH3 is 1. The van der Waals surface area contributed by atoms with E-state index in [1.165, 1.54) is 7.11 Å². The lowest BCUT2D eigenvalue weighted by Crippen LogP contribution is -2.46.